The number of carbonyl (C=O) groups excluding carboxylic acids is 4. The molecule has 3 aliphatic rings. The molecule has 0 aromatic heterocycles. The number of halogens is 3. The second-order valence-electron chi connectivity index (χ2n) is 15.4. The number of anilines is 4. The van der Waals surface area contributed by atoms with E-state index >= 15 is 0 Å². The van der Waals surface area contributed by atoms with Crippen LogP contribution in [-0.4, -0.2) is 71.3 Å². The van der Waals surface area contributed by atoms with Gasteiger partial charge in [-0.3, -0.25) is 34.3 Å². The molecule has 4 amide bonds. The summed E-state index contributed by atoms with van der Waals surface area (Å²) in [6, 6.07) is 16.7. The molecule has 12 nitrogen and oxygen atoms in total. The molecule has 3 saturated heterocycles. The predicted molar refractivity (Wildman–Crippen MR) is 218 cm³/mol. The molecule has 58 heavy (non-hydrogen) atoms. The van der Waals surface area contributed by atoms with Crippen molar-refractivity contribution in [1.29, 1.82) is 5.26 Å². The number of benzene rings is 3. The third-order valence-corrected chi connectivity index (χ3v) is 11.7. The van der Waals surface area contributed by atoms with Crippen molar-refractivity contribution in [1.82, 2.24) is 10.2 Å². The van der Waals surface area contributed by atoms with Crippen LogP contribution >= 0.6 is 12.6 Å². The first-order valence-corrected chi connectivity index (χ1v) is 20.0. The number of alkyl halides is 3. The Labute approximate surface area is 341 Å². The summed E-state index contributed by atoms with van der Waals surface area (Å²) in [5.74, 6) is -0.0775. The maximum absolute atomic E-state index is 13.8. The van der Waals surface area contributed by atoms with Crippen LogP contribution in [0.5, 0.6) is 5.75 Å². The summed E-state index contributed by atoms with van der Waals surface area (Å²) in [6.07, 6.45) is -0.820. The maximum Gasteiger partial charge on any atom is 0.417 e. The molecule has 3 N–H and O–H groups in total. The van der Waals surface area contributed by atoms with Gasteiger partial charge in [0.2, 0.25) is 17.7 Å². The summed E-state index contributed by atoms with van der Waals surface area (Å²) in [5, 5.41) is 17.7. The van der Waals surface area contributed by atoms with Gasteiger partial charge in [0.05, 0.1) is 29.8 Å². The van der Waals surface area contributed by atoms with Gasteiger partial charge in [-0.25, -0.2) is 0 Å². The van der Waals surface area contributed by atoms with Crippen LogP contribution in [0.2, 0.25) is 0 Å². The number of thiol groups is 1. The number of aryl methyl sites for hydroxylation is 1. The lowest BCUT2D eigenvalue weighted by Gasteiger charge is -2.35. The highest BCUT2D eigenvalue weighted by Gasteiger charge is 2.52. The fourth-order valence-corrected chi connectivity index (χ4v) is 8.52. The van der Waals surface area contributed by atoms with Gasteiger partial charge in [0.1, 0.15) is 17.3 Å². The molecule has 3 heterocycles. The molecule has 3 aromatic carbocycles. The van der Waals surface area contributed by atoms with Crippen molar-refractivity contribution in [3.05, 3.63) is 77.4 Å². The van der Waals surface area contributed by atoms with Crippen LogP contribution in [-0.2, 0) is 31.8 Å². The zero-order valence-electron chi connectivity index (χ0n) is 32.9. The van der Waals surface area contributed by atoms with Crippen LogP contribution in [0.3, 0.4) is 0 Å². The molecule has 6 rings (SSSR count). The Kier molecular flexibility index (Phi) is 12.6. The molecule has 0 saturated carbocycles. The first kappa shape index (κ1) is 42.3. The van der Waals surface area contributed by atoms with Crippen LogP contribution in [0.15, 0.2) is 60.7 Å². The highest BCUT2D eigenvalue weighted by atomic mass is 32.1. The molecule has 3 aromatic rings. The largest absolute Gasteiger partial charge is 0.493 e. The first-order chi connectivity index (χ1) is 27.5. The molecular weight excluding hydrogens is 772 g/mol. The van der Waals surface area contributed by atoms with Gasteiger partial charge in [-0.15, -0.1) is 12.6 Å². The quantitative estimate of drug-likeness (QED) is 0.116. The van der Waals surface area contributed by atoms with Crippen molar-refractivity contribution in [2.24, 2.45) is 5.92 Å². The Hall–Kier alpha value is -5.27. The number of rotatable bonds is 12. The van der Waals surface area contributed by atoms with Crippen molar-refractivity contribution in [2.75, 3.05) is 40.1 Å². The molecule has 0 aliphatic carbocycles. The summed E-state index contributed by atoms with van der Waals surface area (Å²) >= 11 is 4.73. The van der Waals surface area contributed by atoms with Crippen LogP contribution < -0.4 is 30.5 Å². The molecule has 0 unspecified atom stereocenters. The van der Waals surface area contributed by atoms with E-state index in [2.05, 4.69) is 20.9 Å². The number of amides is 4. The van der Waals surface area contributed by atoms with Crippen molar-refractivity contribution in [3.8, 4) is 11.8 Å². The third-order valence-electron chi connectivity index (χ3n) is 11.3. The Morgan fingerprint density at radius 1 is 1.03 bits per heavy atom. The average molecular weight is 820 g/mol. The van der Waals surface area contributed by atoms with Crippen molar-refractivity contribution in [2.45, 2.75) is 95.5 Å². The Morgan fingerprint density at radius 2 is 1.74 bits per heavy atom. The maximum atomic E-state index is 13.8. The molecule has 0 spiro atoms. The molecule has 308 valence electrons. The lowest BCUT2D eigenvalue weighted by molar-refractivity contribution is -0.138. The fraction of sp³-hybridized carbons (Fsp3) is 0.452. The molecule has 16 heteroatoms. The average Bonchev–Trinajstić information content (AvgIpc) is 3.37. The lowest BCUT2D eigenvalue weighted by Crippen LogP contribution is -2.47. The van der Waals surface area contributed by atoms with Gasteiger partial charge in [0, 0.05) is 29.2 Å². The first-order valence-electron chi connectivity index (χ1n) is 19.4. The van der Waals surface area contributed by atoms with Gasteiger partial charge in [0.25, 0.3) is 5.91 Å². The number of hydrogen-bond donors (Lipinski definition) is 4. The molecule has 3 fully saturated rings. The summed E-state index contributed by atoms with van der Waals surface area (Å²) in [7, 11) is 0. The summed E-state index contributed by atoms with van der Waals surface area (Å²) in [6.45, 7) is 9.30. The molecule has 3 atom stereocenters. The van der Waals surface area contributed by atoms with Crippen LogP contribution in [0.4, 0.5) is 35.9 Å². The number of imide groups is 1. The summed E-state index contributed by atoms with van der Waals surface area (Å²) in [5.41, 5.74) is -0.870. The number of likely N-dealkylation sites (tertiary alicyclic amines) is 1. The van der Waals surface area contributed by atoms with E-state index in [4.69, 9.17) is 17.4 Å². The van der Waals surface area contributed by atoms with Gasteiger partial charge >= 0.3 is 6.18 Å². The van der Waals surface area contributed by atoms with Crippen molar-refractivity contribution in [3.63, 3.8) is 0 Å². The predicted octanol–water partition coefficient (Wildman–Crippen LogP) is 6.71. The van der Waals surface area contributed by atoms with E-state index in [9.17, 15) is 37.6 Å². The summed E-state index contributed by atoms with van der Waals surface area (Å²) < 4.78 is 47.6. The van der Waals surface area contributed by atoms with Crippen LogP contribution in [0.1, 0.15) is 76.5 Å². The van der Waals surface area contributed by atoms with Crippen molar-refractivity contribution >= 4 is 59.0 Å². The van der Waals surface area contributed by atoms with E-state index in [1.807, 2.05) is 38.1 Å². The van der Waals surface area contributed by atoms with E-state index in [0.29, 0.717) is 48.2 Å². The van der Waals surface area contributed by atoms with Crippen LogP contribution in [0.25, 0.3) is 0 Å². The Balaban J connectivity index is 1.01. The highest BCUT2D eigenvalue weighted by Crippen LogP contribution is 2.43. The summed E-state index contributed by atoms with van der Waals surface area (Å²) in [4.78, 5) is 55.7. The molecule has 0 bridgehead atoms. The monoisotopic (exact) mass is 819 g/mol. The number of carbonyl (C=O) groups is 4. The Bertz CT molecular complexity index is 2100. The number of ether oxygens (including phenoxy) is 1. The smallest absolute Gasteiger partial charge is 0.417 e. The van der Waals surface area contributed by atoms with E-state index in [-0.39, 0.29) is 35.9 Å². The highest BCUT2D eigenvalue weighted by molar-refractivity contribution is 7.81. The van der Waals surface area contributed by atoms with Gasteiger partial charge in [-0.05, 0) is 132 Å². The number of nitrogens with zero attached hydrogens (tertiary/aromatic N) is 4. The number of piperidine rings is 2. The minimum Gasteiger partial charge on any atom is -0.493 e. The standard InChI is InChI=1S/C42H48F3N7O5S/c1-5-27-21-32(52-40(58)51(39(56)41(52,3)4)31-10-9-28(24-46)33(23-31)42(43,44)45)11-13-35(27)57-20-17-26-15-18-50(19-16-26)25(2)37(54)48-30-8-6-7-29(22-30)47-34-12-14-36(53)49-38(34)55/h6-11,13,21-23,25-26,34,40,47,58H,5,12,14-20H2,1-4H3,(H,48,54)(H,49,53,55)/t25-,34-,40+/m0/s1. The van der Waals surface area contributed by atoms with Gasteiger partial charge in [-0.2, -0.15) is 18.4 Å². The van der Waals surface area contributed by atoms with E-state index in [1.54, 1.807) is 43.0 Å². The zero-order chi connectivity index (χ0) is 41.9. The van der Waals surface area contributed by atoms with Gasteiger partial charge in [-0.1, -0.05) is 13.0 Å². The number of hydrogen-bond acceptors (Lipinski definition) is 10. The fourth-order valence-electron chi connectivity index (χ4n) is 7.86. The van der Waals surface area contributed by atoms with Gasteiger partial charge < -0.3 is 20.3 Å². The lowest BCUT2D eigenvalue weighted by atomic mass is 9.93. The SMILES string of the molecule is CCc1cc(N2[C@H](S)N(c3ccc(C#N)c(C(F)(F)F)c3)C(=O)C2(C)C)ccc1OCCC1CCN([C@@H](C)C(=O)Nc2cccc(N[C@H]3CCC(=O)NC3=O)c2)CC1. The topological polar surface area (TPSA) is 147 Å². The second-order valence-corrected chi connectivity index (χ2v) is 15.9. The van der Waals surface area contributed by atoms with Crippen molar-refractivity contribution < 1.29 is 37.1 Å². The van der Waals surface area contributed by atoms with E-state index < -0.39 is 40.3 Å². The van der Waals surface area contributed by atoms with E-state index in [0.717, 1.165) is 50.0 Å². The number of nitriles is 1. The minimum absolute atomic E-state index is 0.00464. The second kappa shape index (κ2) is 17.3. The molecule has 0 radical (unpaired) electrons. The van der Waals surface area contributed by atoms with Gasteiger partial charge in [0.15, 0.2) is 5.50 Å². The molecular formula is C42H48F3N7O5S. The Morgan fingerprint density at radius 3 is 2.41 bits per heavy atom. The number of nitrogens with one attached hydrogen (secondary N) is 3. The third kappa shape index (κ3) is 9.05. The molecule has 3 aliphatic heterocycles. The minimum atomic E-state index is -4.77. The zero-order valence-corrected chi connectivity index (χ0v) is 33.8. The van der Waals surface area contributed by atoms with Crippen LogP contribution in [0, 0.1) is 17.2 Å². The van der Waals surface area contributed by atoms with E-state index in [1.165, 1.54) is 11.0 Å². The normalized spacial score (nSPS) is 20.7.